The first-order valence-electron chi connectivity index (χ1n) is 15.6. The van der Waals surface area contributed by atoms with Crippen LogP contribution in [0.1, 0.15) is 49.5 Å². The zero-order valence-corrected chi connectivity index (χ0v) is 27.3. The summed E-state index contributed by atoms with van der Waals surface area (Å²) in [7, 11) is 4.18. The van der Waals surface area contributed by atoms with Crippen molar-refractivity contribution in [3.63, 3.8) is 0 Å². The van der Waals surface area contributed by atoms with E-state index in [1.807, 2.05) is 4.90 Å². The van der Waals surface area contributed by atoms with Gasteiger partial charge in [-0.1, -0.05) is 42.5 Å². The third kappa shape index (κ3) is 7.77. The number of nitrogens with zero attached hydrogens (tertiary/aromatic N) is 2. The summed E-state index contributed by atoms with van der Waals surface area (Å²) in [6.07, 6.45) is -4.15. The first-order chi connectivity index (χ1) is 23.8. The van der Waals surface area contributed by atoms with E-state index in [9.17, 15) is 36.7 Å². The number of anilines is 2. The fourth-order valence-corrected chi connectivity index (χ4v) is 5.73. The van der Waals surface area contributed by atoms with Crippen LogP contribution in [0.2, 0.25) is 0 Å². The van der Waals surface area contributed by atoms with E-state index >= 15 is 0 Å². The average molecular weight is 692 g/mol. The highest BCUT2D eigenvalue weighted by atomic mass is 19.4. The Kier molecular flexibility index (Phi) is 10.5. The number of hydrogen-bond donors (Lipinski definition) is 1. The molecule has 0 unspecified atom stereocenters. The Morgan fingerprint density at radius 3 is 2.20 bits per heavy atom. The van der Waals surface area contributed by atoms with Gasteiger partial charge >= 0.3 is 18.1 Å². The standard InChI is InChI=1S/C37H33F4N3O6/c1-43(2)34(46)27-21-25(44-18-16-23(17-19-44)36(48)50-31-15-12-24(20-29(31)38)35(47)49-3)13-14-30(27)42-33(45)32-26(22-8-5-4-6-9-22)10-7-11-28(32)37(39,40)41/h4-15,20-21,23H,16-19H2,1-3H3,(H,42,45). The number of benzene rings is 4. The van der Waals surface area contributed by atoms with Crippen molar-refractivity contribution in [1.29, 1.82) is 0 Å². The van der Waals surface area contributed by atoms with Gasteiger partial charge in [0, 0.05) is 32.9 Å². The van der Waals surface area contributed by atoms with Gasteiger partial charge in [-0.25, -0.2) is 9.18 Å². The van der Waals surface area contributed by atoms with Crippen LogP contribution < -0.4 is 15.0 Å². The molecule has 4 aromatic rings. The summed E-state index contributed by atoms with van der Waals surface area (Å²) in [5, 5.41) is 2.56. The Morgan fingerprint density at radius 1 is 0.880 bits per heavy atom. The van der Waals surface area contributed by atoms with Crippen molar-refractivity contribution in [2.45, 2.75) is 19.0 Å². The molecule has 260 valence electrons. The Balaban J connectivity index is 1.35. The van der Waals surface area contributed by atoms with Crippen molar-refractivity contribution >= 4 is 35.1 Å². The Hall–Kier alpha value is -5.72. The van der Waals surface area contributed by atoms with E-state index in [0.29, 0.717) is 37.2 Å². The maximum atomic E-state index is 14.5. The van der Waals surface area contributed by atoms with Crippen LogP contribution in [0.3, 0.4) is 0 Å². The zero-order valence-electron chi connectivity index (χ0n) is 27.3. The maximum Gasteiger partial charge on any atom is 0.417 e. The quantitative estimate of drug-likeness (QED) is 0.120. The van der Waals surface area contributed by atoms with Gasteiger partial charge in [-0.3, -0.25) is 14.4 Å². The molecule has 5 rings (SSSR count). The minimum absolute atomic E-state index is 0.0205. The molecule has 50 heavy (non-hydrogen) atoms. The zero-order chi connectivity index (χ0) is 36.2. The van der Waals surface area contributed by atoms with Crippen molar-refractivity contribution in [2.24, 2.45) is 5.92 Å². The van der Waals surface area contributed by atoms with E-state index in [4.69, 9.17) is 4.74 Å². The van der Waals surface area contributed by atoms with Gasteiger partial charge in [-0.2, -0.15) is 13.2 Å². The normalized spacial score (nSPS) is 13.4. The van der Waals surface area contributed by atoms with E-state index in [1.54, 1.807) is 42.5 Å². The van der Waals surface area contributed by atoms with Crippen molar-refractivity contribution in [2.75, 3.05) is 44.5 Å². The Morgan fingerprint density at radius 2 is 1.58 bits per heavy atom. The molecule has 0 atom stereocenters. The van der Waals surface area contributed by atoms with Crippen LogP contribution in [0.5, 0.6) is 5.75 Å². The summed E-state index contributed by atoms with van der Waals surface area (Å²) in [6, 6.07) is 19.8. The third-order valence-electron chi connectivity index (χ3n) is 8.33. The highest BCUT2D eigenvalue weighted by molar-refractivity contribution is 6.13. The highest BCUT2D eigenvalue weighted by Crippen LogP contribution is 2.38. The lowest BCUT2D eigenvalue weighted by atomic mass is 9.94. The van der Waals surface area contributed by atoms with Gasteiger partial charge in [0.15, 0.2) is 11.6 Å². The first-order valence-corrected chi connectivity index (χ1v) is 15.6. The Labute approximate surface area is 285 Å². The maximum absolute atomic E-state index is 14.5. The molecule has 0 saturated carbocycles. The van der Waals surface area contributed by atoms with E-state index < -0.39 is 52.8 Å². The number of nitrogens with one attached hydrogen (secondary N) is 1. The van der Waals surface area contributed by atoms with Crippen molar-refractivity contribution < 1.29 is 46.2 Å². The minimum atomic E-state index is -4.83. The van der Waals surface area contributed by atoms with Gasteiger partial charge in [-0.05, 0) is 66.4 Å². The molecule has 0 radical (unpaired) electrons. The van der Waals surface area contributed by atoms with E-state index in [-0.39, 0.29) is 28.1 Å². The molecule has 1 aliphatic rings. The lowest BCUT2D eigenvalue weighted by Crippen LogP contribution is -2.38. The molecule has 0 aromatic heterocycles. The molecule has 0 aliphatic carbocycles. The third-order valence-corrected chi connectivity index (χ3v) is 8.33. The molecule has 2 amide bonds. The van der Waals surface area contributed by atoms with Crippen molar-refractivity contribution in [3.8, 4) is 16.9 Å². The van der Waals surface area contributed by atoms with Crippen molar-refractivity contribution in [3.05, 3.63) is 113 Å². The number of halogens is 4. The number of amides is 2. The largest absolute Gasteiger partial charge is 0.465 e. The first kappa shape index (κ1) is 35.6. The molecule has 4 aromatic carbocycles. The molecule has 1 heterocycles. The summed E-state index contributed by atoms with van der Waals surface area (Å²) in [4.78, 5) is 54.7. The summed E-state index contributed by atoms with van der Waals surface area (Å²) >= 11 is 0. The van der Waals surface area contributed by atoms with Crippen LogP contribution in [-0.4, -0.2) is 62.9 Å². The smallest absolute Gasteiger partial charge is 0.417 e. The summed E-state index contributed by atoms with van der Waals surface area (Å²) in [5.41, 5.74) is -0.562. The monoisotopic (exact) mass is 691 g/mol. The van der Waals surface area contributed by atoms with Gasteiger partial charge in [0.25, 0.3) is 11.8 Å². The molecule has 13 heteroatoms. The second kappa shape index (κ2) is 14.8. The van der Waals surface area contributed by atoms with Gasteiger partial charge in [0.05, 0.1) is 41.0 Å². The van der Waals surface area contributed by atoms with Crippen LogP contribution in [0, 0.1) is 11.7 Å². The van der Waals surface area contributed by atoms with Crippen LogP contribution in [0.4, 0.5) is 28.9 Å². The summed E-state index contributed by atoms with van der Waals surface area (Å²) < 4.78 is 66.8. The molecule has 0 spiro atoms. The fraction of sp³-hybridized carbons (Fsp3) is 0.243. The number of piperidine rings is 1. The second-order valence-corrected chi connectivity index (χ2v) is 11.8. The highest BCUT2D eigenvalue weighted by Gasteiger charge is 2.37. The second-order valence-electron chi connectivity index (χ2n) is 11.8. The predicted octanol–water partition coefficient (Wildman–Crippen LogP) is 7.07. The summed E-state index contributed by atoms with van der Waals surface area (Å²) in [6.45, 7) is 0.731. The molecule has 1 aliphatic heterocycles. The summed E-state index contributed by atoms with van der Waals surface area (Å²) in [5.74, 6) is -4.65. The minimum Gasteiger partial charge on any atom is -0.465 e. The molecule has 1 N–H and O–H groups in total. The molecular weight excluding hydrogens is 658 g/mol. The van der Waals surface area contributed by atoms with Crippen molar-refractivity contribution in [1.82, 2.24) is 4.90 Å². The number of rotatable bonds is 8. The number of hydrogen-bond acceptors (Lipinski definition) is 7. The predicted molar refractivity (Wildman–Crippen MR) is 178 cm³/mol. The van der Waals surface area contributed by atoms with E-state index in [1.165, 1.54) is 49.3 Å². The number of carbonyl (C=O) groups excluding carboxylic acids is 4. The average Bonchev–Trinajstić information content (AvgIpc) is 3.11. The van der Waals surface area contributed by atoms with Crippen LogP contribution in [0.15, 0.2) is 84.9 Å². The van der Waals surface area contributed by atoms with Crippen LogP contribution in [-0.2, 0) is 15.7 Å². The topological polar surface area (TPSA) is 105 Å². The lowest BCUT2D eigenvalue weighted by molar-refractivity contribution is -0.140. The van der Waals surface area contributed by atoms with Crippen LogP contribution >= 0.6 is 0 Å². The Bertz CT molecular complexity index is 1920. The number of esters is 2. The van der Waals surface area contributed by atoms with Gasteiger partial charge < -0.3 is 24.6 Å². The van der Waals surface area contributed by atoms with Gasteiger partial charge in [0.1, 0.15) is 0 Å². The molecule has 1 saturated heterocycles. The van der Waals surface area contributed by atoms with Crippen LogP contribution in [0.25, 0.3) is 11.1 Å². The number of carbonyl (C=O) groups is 4. The van der Waals surface area contributed by atoms with Gasteiger partial charge in [0.2, 0.25) is 0 Å². The molecular formula is C37H33F4N3O6. The number of ether oxygens (including phenoxy) is 2. The molecule has 1 fully saturated rings. The van der Waals surface area contributed by atoms with E-state index in [2.05, 4.69) is 10.1 Å². The van der Waals surface area contributed by atoms with E-state index in [0.717, 1.165) is 19.2 Å². The number of alkyl halides is 3. The number of methoxy groups -OCH3 is 1. The molecule has 0 bridgehead atoms. The lowest BCUT2D eigenvalue weighted by Gasteiger charge is -2.33. The SMILES string of the molecule is COC(=O)c1ccc(OC(=O)C2CCN(c3ccc(NC(=O)c4c(-c5ccccc5)cccc4C(F)(F)F)c(C(=O)N(C)C)c3)CC2)c(F)c1. The fourth-order valence-electron chi connectivity index (χ4n) is 5.73. The van der Waals surface area contributed by atoms with Gasteiger partial charge in [-0.15, -0.1) is 0 Å². The molecule has 9 nitrogen and oxygen atoms in total.